The molecule has 4 heteroatoms. The zero-order chi connectivity index (χ0) is 15.5. The third kappa shape index (κ3) is 4.32. The highest BCUT2D eigenvalue weighted by molar-refractivity contribution is 5.47. The molecular weight excluding hydrogens is 260 g/mol. The van der Waals surface area contributed by atoms with Crippen LogP contribution in [0, 0.1) is 5.92 Å². The Morgan fingerprint density at radius 3 is 2.67 bits per heavy atom. The summed E-state index contributed by atoms with van der Waals surface area (Å²) in [4.78, 5) is 11.6. The van der Waals surface area contributed by atoms with Crippen LogP contribution in [-0.2, 0) is 5.41 Å². The molecule has 2 rings (SSSR count). The second kappa shape index (κ2) is 6.63. The fraction of sp³-hybridized carbons (Fsp3) is 0.765. The molecule has 0 amide bonds. The van der Waals surface area contributed by atoms with Gasteiger partial charge in [-0.15, -0.1) is 0 Å². The van der Waals surface area contributed by atoms with Crippen LogP contribution in [0.15, 0.2) is 6.07 Å². The first kappa shape index (κ1) is 16.1. The number of rotatable bonds is 3. The Kier molecular flexibility index (Phi) is 5.07. The molecule has 0 saturated carbocycles. The van der Waals surface area contributed by atoms with Gasteiger partial charge in [0.05, 0.1) is 0 Å². The van der Waals surface area contributed by atoms with Crippen LogP contribution in [0.25, 0.3) is 0 Å². The molecule has 0 radical (unpaired) electrons. The zero-order valence-electron chi connectivity index (χ0n) is 14.0. The van der Waals surface area contributed by atoms with Gasteiger partial charge in [0.2, 0.25) is 0 Å². The third-order valence-electron chi connectivity index (χ3n) is 4.27. The second-order valence-electron chi connectivity index (χ2n) is 7.30. The van der Waals surface area contributed by atoms with Crippen LogP contribution in [0.3, 0.4) is 0 Å². The predicted octanol–water partition coefficient (Wildman–Crippen LogP) is 3.76. The maximum atomic E-state index is 6.00. The molecule has 1 saturated heterocycles. The molecule has 1 aromatic rings. The first-order valence-corrected chi connectivity index (χ1v) is 8.30. The van der Waals surface area contributed by atoms with Crippen LogP contribution in [-0.4, -0.2) is 23.1 Å². The normalized spacial score (nSPS) is 20.4. The fourth-order valence-electron chi connectivity index (χ4n) is 3.04. The van der Waals surface area contributed by atoms with Crippen LogP contribution in [0.1, 0.15) is 65.6 Å². The summed E-state index contributed by atoms with van der Waals surface area (Å²) in [5, 5.41) is 0. The molecule has 1 aliphatic heterocycles. The highest BCUT2D eigenvalue weighted by atomic mass is 15.2. The summed E-state index contributed by atoms with van der Waals surface area (Å²) in [7, 11) is 0. The Hall–Kier alpha value is -1.32. The lowest BCUT2D eigenvalue weighted by atomic mass is 9.95. The van der Waals surface area contributed by atoms with E-state index in [4.69, 9.17) is 10.7 Å². The molecule has 1 aliphatic rings. The lowest BCUT2D eigenvalue weighted by Crippen LogP contribution is -2.27. The number of aromatic nitrogens is 2. The van der Waals surface area contributed by atoms with E-state index in [1.165, 1.54) is 32.1 Å². The van der Waals surface area contributed by atoms with Crippen LogP contribution >= 0.6 is 0 Å². The van der Waals surface area contributed by atoms with Gasteiger partial charge in [-0.2, -0.15) is 0 Å². The molecule has 1 unspecified atom stereocenters. The van der Waals surface area contributed by atoms with Crippen molar-refractivity contribution in [1.29, 1.82) is 0 Å². The average molecular weight is 290 g/mol. The molecule has 118 valence electrons. The molecule has 0 aliphatic carbocycles. The fourth-order valence-corrected chi connectivity index (χ4v) is 3.04. The van der Waals surface area contributed by atoms with Gasteiger partial charge in [-0.25, -0.2) is 9.97 Å². The largest absolute Gasteiger partial charge is 0.384 e. The molecular formula is C17H30N4. The molecule has 0 spiro atoms. The molecule has 4 nitrogen and oxygen atoms in total. The Morgan fingerprint density at radius 1 is 1.24 bits per heavy atom. The predicted molar refractivity (Wildman–Crippen MR) is 89.6 cm³/mol. The number of nitrogens with two attached hydrogens (primary N) is 1. The average Bonchev–Trinajstić information content (AvgIpc) is 2.63. The van der Waals surface area contributed by atoms with Gasteiger partial charge >= 0.3 is 0 Å². The van der Waals surface area contributed by atoms with Crippen molar-refractivity contribution in [2.75, 3.05) is 23.7 Å². The van der Waals surface area contributed by atoms with E-state index < -0.39 is 0 Å². The van der Waals surface area contributed by atoms with Crippen molar-refractivity contribution in [1.82, 2.24) is 9.97 Å². The van der Waals surface area contributed by atoms with E-state index in [0.29, 0.717) is 5.82 Å². The third-order valence-corrected chi connectivity index (χ3v) is 4.27. The Bertz CT molecular complexity index is 464. The number of hydrogen-bond donors (Lipinski definition) is 1. The second-order valence-corrected chi connectivity index (χ2v) is 7.30. The van der Waals surface area contributed by atoms with Gasteiger partial charge in [0, 0.05) is 24.6 Å². The van der Waals surface area contributed by atoms with E-state index in [9.17, 15) is 0 Å². The van der Waals surface area contributed by atoms with E-state index >= 15 is 0 Å². The van der Waals surface area contributed by atoms with Gasteiger partial charge in [-0.05, 0) is 25.2 Å². The van der Waals surface area contributed by atoms with Crippen molar-refractivity contribution < 1.29 is 0 Å². The van der Waals surface area contributed by atoms with Crippen molar-refractivity contribution >= 4 is 11.6 Å². The molecule has 1 atom stereocenters. The van der Waals surface area contributed by atoms with Crippen molar-refractivity contribution in [3.63, 3.8) is 0 Å². The minimum Gasteiger partial charge on any atom is -0.384 e. The van der Waals surface area contributed by atoms with Gasteiger partial charge < -0.3 is 10.6 Å². The van der Waals surface area contributed by atoms with Gasteiger partial charge in [-0.1, -0.05) is 40.5 Å². The maximum absolute atomic E-state index is 6.00. The topological polar surface area (TPSA) is 55.0 Å². The molecule has 21 heavy (non-hydrogen) atoms. The number of nitrogens with zero attached hydrogens (tertiary/aromatic N) is 3. The zero-order valence-corrected chi connectivity index (χ0v) is 14.0. The van der Waals surface area contributed by atoms with Crippen molar-refractivity contribution in [2.45, 2.75) is 65.2 Å². The monoisotopic (exact) mass is 290 g/mol. The standard InChI is InChI=1S/C17H30N4/c1-5-7-13-8-6-10-21(11-9-13)15-12-14(18)19-16(20-15)17(2,3)4/h12-13H,5-11H2,1-4H3,(H2,18,19,20). The SMILES string of the molecule is CCCC1CCCN(c2cc(N)nc(C(C)(C)C)n2)CC1. The van der Waals surface area contributed by atoms with Gasteiger partial charge in [0.25, 0.3) is 0 Å². The molecule has 2 heterocycles. The van der Waals surface area contributed by atoms with Gasteiger partial charge in [0.1, 0.15) is 17.5 Å². The smallest absolute Gasteiger partial charge is 0.138 e. The summed E-state index contributed by atoms with van der Waals surface area (Å²) in [6.07, 6.45) is 6.51. The van der Waals surface area contributed by atoms with Crippen molar-refractivity contribution in [3.05, 3.63) is 11.9 Å². The van der Waals surface area contributed by atoms with E-state index in [1.54, 1.807) is 0 Å². The quantitative estimate of drug-likeness (QED) is 0.921. The molecule has 0 bridgehead atoms. The van der Waals surface area contributed by atoms with Crippen LogP contribution in [0.5, 0.6) is 0 Å². The molecule has 0 aromatic carbocycles. The first-order valence-electron chi connectivity index (χ1n) is 8.30. The summed E-state index contributed by atoms with van der Waals surface area (Å²) in [5.41, 5.74) is 5.93. The highest BCUT2D eigenvalue weighted by Crippen LogP contribution is 2.27. The molecule has 1 fully saturated rings. The highest BCUT2D eigenvalue weighted by Gasteiger charge is 2.22. The van der Waals surface area contributed by atoms with Crippen LogP contribution in [0.2, 0.25) is 0 Å². The van der Waals surface area contributed by atoms with E-state index in [0.717, 1.165) is 30.6 Å². The number of anilines is 2. The van der Waals surface area contributed by atoms with E-state index in [-0.39, 0.29) is 5.41 Å². The van der Waals surface area contributed by atoms with Crippen LogP contribution < -0.4 is 10.6 Å². The summed E-state index contributed by atoms with van der Waals surface area (Å²) in [6.45, 7) is 10.8. The van der Waals surface area contributed by atoms with Crippen molar-refractivity contribution in [2.24, 2.45) is 5.92 Å². The number of hydrogen-bond acceptors (Lipinski definition) is 4. The van der Waals surface area contributed by atoms with Gasteiger partial charge in [-0.3, -0.25) is 0 Å². The molecule has 2 N–H and O–H groups in total. The summed E-state index contributed by atoms with van der Waals surface area (Å²) in [6, 6.07) is 1.93. The summed E-state index contributed by atoms with van der Waals surface area (Å²) < 4.78 is 0. The van der Waals surface area contributed by atoms with Crippen LogP contribution in [0.4, 0.5) is 11.6 Å². The Morgan fingerprint density at radius 2 is 2.00 bits per heavy atom. The summed E-state index contributed by atoms with van der Waals surface area (Å²) in [5.74, 6) is 3.30. The van der Waals surface area contributed by atoms with E-state index in [1.807, 2.05) is 6.07 Å². The minimum atomic E-state index is -0.0687. The summed E-state index contributed by atoms with van der Waals surface area (Å²) >= 11 is 0. The molecule has 1 aromatic heterocycles. The van der Waals surface area contributed by atoms with Gasteiger partial charge in [0.15, 0.2) is 0 Å². The lowest BCUT2D eigenvalue weighted by Gasteiger charge is -2.25. The lowest BCUT2D eigenvalue weighted by molar-refractivity contribution is 0.435. The minimum absolute atomic E-state index is 0.0687. The Balaban J connectivity index is 2.16. The van der Waals surface area contributed by atoms with E-state index in [2.05, 4.69) is 37.6 Å². The first-order chi connectivity index (χ1) is 9.90. The number of nitrogen functional groups attached to an aromatic ring is 1. The van der Waals surface area contributed by atoms with Crippen molar-refractivity contribution in [3.8, 4) is 0 Å². The Labute approximate surface area is 129 Å². The maximum Gasteiger partial charge on any atom is 0.138 e.